The van der Waals surface area contributed by atoms with Crippen LogP contribution in [0.1, 0.15) is 38.5 Å². The van der Waals surface area contributed by atoms with E-state index in [2.05, 4.69) is 10.6 Å². The summed E-state index contributed by atoms with van der Waals surface area (Å²) in [5.41, 5.74) is 0. The molecule has 4 nitrogen and oxygen atoms in total. The van der Waals surface area contributed by atoms with Crippen LogP contribution >= 0.6 is 0 Å². The van der Waals surface area contributed by atoms with Crippen LogP contribution < -0.4 is 10.6 Å². The number of piperidine rings is 2. The van der Waals surface area contributed by atoms with Crippen LogP contribution in [0.15, 0.2) is 0 Å². The second-order valence-corrected chi connectivity index (χ2v) is 4.66. The zero-order valence-electron chi connectivity index (χ0n) is 10.1. The van der Waals surface area contributed by atoms with Gasteiger partial charge < -0.3 is 20.8 Å². The summed E-state index contributed by atoms with van der Waals surface area (Å²) in [4.78, 5) is 0. The lowest BCUT2D eigenvalue weighted by Crippen LogP contribution is -2.36. The number of aliphatic hydroxyl groups is 2. The molecule has 0 unspecified atom stereocenters. The summed E-state index contributed by atoms with van der Waals surface area (Å²) in [6.07, 6.45) is 7.40. The number of hydrogen-bond acceptors (Lipinski definition) is 4. The van der Waals surface area contributed by atoms with E-state index in [9.17, 15) is 0 Å². The van der Waals surface area contributed by atoms with Crippen molar-refractivity contribution in [1.29, 1.82) is 0 Å². The third kappa shape index (κ3) is 5.80. The molecule has 0 aliphatic carbocycles. The van der Waals surface area contributed by atoms with Gasteiger partial charge in [-0.3, -0.25) is 0 Å². The maximum atomic E-state index is 8.63. The zero-order valence-corrected chi connectivity index (χ0v) is 10.1. The fourth-order valence-corrected chi connectivity index (χ4v) is 2.16. The molecular weight excluding hydrogens is 204 g/mol. The highest BCUT2D eigenvalue weighted by Gasteiger charge is 2.09. The topological polar surface area (TPSA) is 64.5 Å². The first kappa shape index (κ1) is 13.9. The SMILES string of the molecule is OC[C@@H]1CCCCN1.OC[C@@H]1CCCCN1. The minimum atomic E-state index is 0.306. The van der Waals surface area contributed by atoms with Gasteiger partial charge in [-0.15, -0.1) is 0 Å². The van der Waals surface area contributed by atoms with Crippen molar-refractivity contribution in [2.24, 2.45) is 0 Å². The average molecular weight is 230 g/mol. The molecule has 16 heavy (non-hydrogen) atoms. The number of nitrogens with one attached hydrogen (secondary N) is 2. The highest BCUT2D eigenvalue weighted by Crippen LogP contribution is 2.05. The molecule has 4 heteroatoms. The lowest BCUT2D eigenvalue weighted by Gasteiger charge is -2.20. The first-order valence-electron chi connectivity index (χ1n) is 6.55. The van der Waals surface area contributed by atoms with Crippen molar-refractivity contribution in [3.63, 3.8) is 0 Å². The van der Waals surface area contributed by atoms with Crippen LogP contribution in [0.4, 0.5) is 0 Å². The van der Waals surface area contributed by atoms with E-state index in [0.29, 0.717) is 25.3 Å². The van der Waals surface area contributed by atoms with Gasteiger partial charge in [0.25, 0.3) is 0 Å². The van der Waals surface area contributed by atoms with E-state index >= 15 is 0 Å². The predicted octanol–water partition coefficient (Wildman–Crippen LogP) is 0.242. The number of aliphatic hydroxyl groups excluding tert-OH is 2. The summed E-state index contributed by atoms with van der Waals surface area (Å²) in [6, 6.07) is 0.785. The lowest BCUT2D eigenvalue weighted by molar-refractivity contribution is 0.220. The summed E-state index contributed by atoms with van der Waals surface area (Å²) in [5, 5.41) is 23.7. The molecule has 0 saturated carbocycles. The molecule has 0 amide bonds. The van der Waals surface area contributed by atoms with Crippen LogP contribution in [0.2, 0.25) is 0 Å². The minimum absolute atomic E-state index is 0.306. The van der Waals surface area contributed by atoms with Gasteiger partial charge in [0.1, 0.15) is 0 Å². The molecule has 2 saturated heterocycles. The maximum absolute atomic E-state index is 8.63. The Morgan fingerprint density at radius 1 is 0.750 bits per heavy atom. The van der Waals surface area contributed by atoms with Crippen LogP contribution in [0.5, 0.6) is 0 Å². The highest BCUT2D eigenvalue weighted by molar-refractivity contribution is 4.70. The molecule has 2 aliphatic rings. The molecular formula is C12H26N2O2. The summed E-state index contributed by atoms with van der Waals surface area (Å²) < 4.78 is 0. The second kappa shape index (κ2) is 8.93. The van der Waals surface area contributed by atoms with Gasteiger partial charge in [-0.1, -0.05) is 12.8 Å². The van der Waals surface area contributed by atoms with Crippen LogP contribution in [-0.4, -0.2) is 48.6 Å². The van der Waals surface area contributed by atoms with Crippen molar-refractivity contribution in [3.05, 3.63) is 0 Å². The zero-order chi connectivity index (χ0) is 11.6. The molecule has 0 aromatic rings. The van der Waals surface area contributed by atoms with Crippen molar-refractivity contribution in [2.45, 2.75) is 50.6 Å². The Labute approximate surface area is 98.4 Å². The monoisotopic (exact) mass is 230 g/mol. The lowest BCUT2D eigenvalue weighted by atomic mass is 10.1. The summed E-state index contributed by atoms with van der Waals surface area (Å²) in [5.74, 6) is 0. The largest absolute Gasteiger partial charge is 0.395 e. The molecule has 2 atom stereocenters. The molecule has 2 aliphatic heterocycles. The number of rotatable bonds is 2. The van der Waals surface area contributed by atoms with Crippen molar-refractivity contribution in [3.8, 4) is 0 Å². The van der Waals surface area contributed by atoms with Crippen LogP contribution in [0.3, 0.4) is 0 Å². The van der Waals surface area contributed by atoms with E-state index in [1.165, 1.54) is 25.7 Å². The van der Waals surface area contributed by atoms with Crippen molar-refractivity contribution >= 4 is 0 Å². The van der Waals surface area contributed by atoms with Crippen LogP contribution in [0, 0.1) is 0 Å². The van der Waals surface area contributed by atoms with Crippen LogP contribution in [-0.2, 0) is 0 Å². The Kier molecular flexibility index (Phi) is 7.76. The summed E-state index contributed by atoms with van der Waals surface area (Å²) in [6.45, 7) is 2.79. The molecule has 0 aromatic carbocycles. The predicted molar refractivity (Wildman–Crippen MR) is 65.5 cm³/mol. The molecule has 2 heterocycles. The third-order valence-electron chi connectivity index (χ3n) is 3.27. The van der Waals surface area contributed by atoms with Gasteiger partial charge in [-0.2, -0.15) is 0 Å². The second-order valence-electron chi connectivity index (χ2n) is 4.66. The first-order valence-corrected chi connectivity index (χ1v) is 6.55. The Balaban J connectivity index is 0.000000160. The first-order chi connectivity index (χ1) is 7.86. The fraction of sp³-hybridized carbons (Fsp3) is 1.00. The molecule has 2 fully saturated rings. The van der Waals surface area contributed by atoms with Gasteiger partial charge in [0.05, 0.1) is 13.2 Å². The van der Waals surface area contributed by atoms with Crippen molar-refractivity contribution in [2.75, 3.05) is 26.3 Å². The highest BCUT2D eigenvalue weighted by atomic mass is 16.3. The van der Waals surface area contributed by atoms with E-state index in [4.69, 9.17) is 10.2 Å². The number of hydrogen-bond donors (Lipinski definition) is 4. The van der Waals surface area contributed by atoms with Gasteiger partial charge in [0, 0.05) is 12.1 Å². The van der Waals surface area contributed by atoms with Gasteiger partial charge in [-0.05, 0) is 38.8 Å². The molecule has 2 rings (SSSR count). The Morgan fingerprint density at radius 2 is 1.19 bits per heavy atom. The van der Waals surface area contributed by atoms with Gasteiger partial charge in [-0.25, -0.2) is 0 Å². The maximum Gasteiger partial charge on any atom is 0.0584 e. The van der Waals surface area contributed by atoms with Crippen molar-refractivity contribution < 1.29 is 10.2 Å². The summed E-state index contributed by atoms with van der Waals surface area (Å²) >= 11 is 0. The normalized spacial score (nSPS) is 30.4. The van der Waals surface area contributed by atoms with Gasteiger partial charge in [0.2, 0.25) is 0 Å². The standard InChI is InChI=1S/2C6H13NO/c2*8-5-6-3-1-2-4-7-6/h2*6-8H,1-5H2/t2*6-/m00/s1. The van der Waals surface area contributed by atoms with Gasteiger partial charge >= 0.3 is 0 Å². The van der Waals surface area contributed by atoms with E-state index < -0.39 is 0 Å². The van der Waals surface area contributed by atoms with Crippen molar-refractivity contribution in [1.82, 2.24) is 10.6 Å². The Bertz CT molecular complexity index is 137. The molecule has 0 bridgehead atoms. The summed E-state index contributed by atoms with van der Waals surface area (Å²) in [7, 11) is 0. The molecule has 0 spiro atoms. The molecule has 4 N–H and O–H groups in total. The van der Waals surface area contributed by atoms with E-state index in [1.54, 1.807) is 0 Å². The Hall–Kier alpha value is -0.160. The molecule has 96 valence electrons. The minimum Gasteiger partial charge on any atom is -0.395 e. The third-order valence-corrected chi connectivity index (χ3v) is 3.27. The molecule has 0 aromatic heterocycles. The smallest absolute Gasteiger partial charge is 0.0584 e. The van der Waals surface area contributed by atoms with E-state index in [1.807, 2.05) is 0 Å². The van der Waals surface area contributed by atoms with E-state index in [0.717, 1.165) is 25.9 Å². The van der Waals surface area contributed by atoms with E-state index in [-0.39, 0.29) is 0 Å². The molecule has 0 radical (unpaired) electrons. The van der Waals surface area contributed by atoms with Crippen LogP contribution in [0.25, 0.3) is 0 Å². The Morgan fingerprint density at radius 3 is 1.38 bits per heavy atom. The quantitative estimate of drug-likeness (QED) is 0.549. The van der Waals surface area contributed by atoms with Gasteiger partial charge in [0.15, 0.2) is 0 Å². The fourth-order valence-electron chi connectivity index (χ4n) is 2.16. The average Bonchev–Trinajstić information content (AvgIpc) is 2.41.